The van der Waals surface area contributed by atoms with Crippen LogP contribution in [0.15, 0.2) is 54.6 Å². The first kappa shape index (κ1) is 21.1. The monoisotopic (exact) mass is 384 g/mol. The minimum Gasteiger partial charge on any atom is -0.468 e. The summed E-state index contributed by atoms with van der Waals surface area (Å²) < 4.78 is 9.72. The molecule has 0 aliphatic carbocycles. The summed E-state index contributed by atoms with van der Waals surface area (Å²) >= 11 is 0. The molecule has 1 amide bonds. The summed E-state index contributed by atoms with van der Waals surface area (Å²) in [5.41, 5.74) is 7.58. The molecule has 1 unspecified atom stereocenters. The van der Waals surface area contributed by atoms with E-state index in [0.29, 0.717) is 17.5 Å². The van der Waals surface area contributed by atoms with Gasteiger partial charge in [-0.15, -0.1) is 0 Å². The molecule has 0 spiro atoms. The summed E-state index contributed by atoms with van der Waals surface area (Å²) in [6, 6.07) is 13.8. The number of esters is 2. The molecule has 0 saturated carbocycles. The molecule has 0 saturated heterocycles. The Hall–Kier alpha value is -3.19. The summed E-state index contributed by atoms with van der Waals surface area (Å²) in [5, 5.41) is 2.71. The topological polar surface area (TPSA) is 108 Å². The van der Waals surface area contributed by atoms with Gasteiger partial charge in [0.05, 0.1) is 13.7 Å². The van der Waals surface area contributed by atoms with Crippen molar-refractivity contribution in [3.63, 3.8) is 0 Å². The maximum absolute atomic E-state index is 12.5. The van der Waals surface area contributed by atoms with Gasteiger partial charge in [-0.3, -0.25) is 9.59 Å². The third-order valence-corrected chi connectivity index (χ3v) is 4.11. The highest BCUT2D eigenvalue weighted by Gasteiger charge is 2.25. The molecule has 2 aromatic rings. The van der Waals surface area contributed by atoms with Gasteiger partial charge in [0.2, 0.25) is 0 Å². The molecule has 28 heavy (non-hydrogen) atoms. The summed E-state index contributed by atoms with van der Waals surface area (Å²) in [6.45, 7) is 1.90. The van der Waals surface area contributed by atoms with E-state index in [1.165, 1.54) is 7.11 Å². The standard InChI is InChI=1S/C21H24N2O5/c1-3-28-21(26)18(23-19(24)16-7-5-4-6-8-16)15-11-9-14(10-12-15)13-17(22)20(25)27-2/h4-12,17-18H,3,13,22H2,1-2H3,(H,23,24)/t17-,18?/m0/s1. The van der Waals surface area contributed by atoms with Crippen molar-refractivity contribution < 1.29 is 23.9 Å². The van der Waals surface area contributed by atoms with Crippen LogP contribution in [0.3, 0.4) is 0 Å². The number of carbonyl (C=O) groups is 3. The number of ether oxygens (including phenoxy) is 2. The third-order valence-electron chi connectivity index (χ3n) is 4.11. The molecule has 0 bridgehead atoms. The summed E-state index contributed by atoms with van der Waals surface area (Å²) in [6.07, 6.45) is 0.299. The number of carbonyl (C=O) groups excluding carboxylic acids is 3. The number of rotatable bonds is 8. The summed E-state index contributed by atoms with van der Waals surface area (Å²) in [4.78, 5) is 36.3. The maximum atomic E-state index is 12.5. The van der Waals surface area contributed by atoms with Crippen molar-refractivity contribution in [2.75, 3.05) is 13.7 Å². The quantitative estimate of drug-likeness (QED) is 0.672. The van der Waals surface area contributed by atoms with Crippen LogP contribution in [-0.2, 0) is 25.5 Å². The number of nitrogens with two attached hydrogens (primary N) is 1. The SMILES string of the molecule is CCOC(=O)C(NC(=O)c1ccccc1)c1ccc(C[C@H](N)C(=O)OC)cc1. The van der Waals surface area contributed by atoms with Crippen molar-refractivity contribution in [2.24, 2.45) is 5.73 Å². The van der Waals surface area contributed by atoms with Crippen LogP contribution in [0.1, 0.15) is 34.5 Å². The van der Waals surface area contributed by atoms with Gasteiger partial charge < -0.3 is 20.5 Å². The van der Waals surface area contributed by atoms with Gasteiger partial charge in [-0.05, 0) is 36.6 Å². The van der Waals surface area contributed by atoms with Crippen LogP contribution in [0.2, 0.25) is 0 Å². The van der Waals surface area contributed by atoms with Crippen molar-refractivity contribution >= 4 is 17.8 Å². The average Bonchev–Trinajstić information content (AvgIpc) is 2.72. The van der Waals surface area contributed by atoms with Crippen molar-refractivity contribution in [1.82, 2.24) is 5.32 Å². The zero-order valence-electron chi connectivity index (χ0n) is 15.9. The van der Waals surface area contributed by atoms with Crippen LogP contribution in [0, 0.1) is 0 Å². The predicted octanol–water partition coefficient (Wildman–Crippen LogP) is 1.76. The first-order valence-electron chi connectivity index (χ1n) is 8.91. The zero-order valence-corrected chi connectivity index (χ0v) is 15.9. The average molecular weight is 384 g/mol. The van der Waals surface area contributed by atoms with Crippen LogP contribution < -0.4 is 11.1 Å². The fraction of sp³-hybridized carbons (Fsp3) is 0.286. The van der Waals surface area contributed by atoms with Crippen molar-refractivity contribution in [2.45, 2.75) is 25.4 Å². The molecule has 2 rings (SSSR count). The fourth-order valence-corrected chi connectivity index (χ4v) is 2.64. The van der Waals surface area contributed by atoms with Crippen LogP contribution in [-0.4, -0.2) is 37.6 Å². The van der Waals surface area contributed by atoms with Gasteiger partial charge >= 0.3 is 11.9 Å². The Kier molecular flexibility index (Phi) is 7.71. The lowest BCUT2D eigenvalue weighted by atomic mass is 10.0. The number of methoxy groups -OCH3 is 1. The van der Waals surface area contributed by atoms with E-state index in [2.05, 4.69) is 10.1 Å². The molecule has 7 heteroatoms. The van der Waals surface area contributed by atoms with Crippen LogP contribution in [0.5, 0.6) is 0 Å². The van der Waals surface area contributed by atoms with E-state index in [-0.39, 0.29) is 12.5 Å². The fourth-order valence-electron chi connectivity index (χ4n) is 2.64. The lowest BCUT2D eigenvalue weighted by Crippen LogP contribution is -2.35. The Balaban J connectivity index is 2.18. The maximum Gasteiger partial charge on any atom is 0.333 e. The summed E-state index contributed by atoms with van der Waals surface area (Å²) in [5.74, 6) is -1.43. The van der Waals surface area contributed by atoms with Crippen molar-refractivity contribution in [3.8, 4) is 0 Å². The highest BCUT2D eigenvalue weighted by molar-refractivity contribution is 5.97. The lowest BCUT2D eigenvalue weighted by Gasteiger charge is -2.18. The third kappa shape index (κ3) is 5.65. The molecule has 0 radical (unpaired) electrons. The smallest absolute Gasteiger partial charge is 0.333 e. The van der Waals surface area contributed by atoms with Crippen LogP contribution in [0.4, 0.5) is 0 Å². The molecule has 0 aliphatic heterocycles. The number of benzene rings is 2. The molecule has 7 nitrogen and oxygen atoms in total. The van der Waals surface area contributed by atoms with Crippen LogP contribution >= 0.6 is 0 Å². The normalized spacial score (nSPS) is 12.5. The Labute approximate surface area is 163 Å². The Morgan fingerprint density at radius 2 is 1.64 bits per heavy atom. The molecular weight excluding hydrogens is 360 g/mol. The lowest BCUT2D eigenvalue weighted by molar-refractivity contribution is -0.145. The molecule has 0 fully saturated rings. The van der Waals surface area contributed by atoms with E-state index in [1.54, 1.807) is 61.5 Å². The first-order chi connectivity index (χ1) is 13.5. The predicted molar refractivity (Wildman–Crippen MR) is 103 cm³/mol. The minimum atomic E-state index is -0.948. The second-order valence-corrected chi connectivity index (χ2v) is 6.10. The van der Waals surface area contributed by atoms with Gasteiger partial charge in [-0.25, -0.2) is 4.79 Å². The van der Waals surface area contributed by atoms with E-state index >= 15 is 0 Å². The summed E-state index contributed by atoms with van der Waals surface area (Å²) in [7, 11) is 1.28. The van der Waals surface area contributed by atoms with Gasteiger partial charge in [0, 0.05) is 5.56 Å². The number of nitrogens with one attached hydrogen (secondary N) is 1. The van der Waals surface area contributed by atoms with Gasteiger partial charge in [-0.1, -0.05) is 42.5 Å². The molecule has 2 atom stereocenters. The molecule has 0 aliphatic rings. The number of amides is 1. The molecule has 3 N–H and O–H groups in total. The highest BCUT2D eigenvalue weighted by atomic mass is 16.5. The van der Waals surface area contributed by atoms with E-state index in [1.807, 2.05) is 0 Å². The second-order valence-electron chi connectivity index (χ2n) is 6.10. The second kappa shape index (κ2) is 10.2. The minimum absolute atomic E-state index is 0.197. The Morgan fingerprint density at radius 1 is 1.00 bits per heavy atom. The van der Waals surface area contributed by atoms with Gasteiger partial charge in [0.25, 0.3) is 5.91 Å². The van der Waals surface area contributed by atoms with Crippen LogP contribution in [0.25, 0.3) is 0 Å². The highest BCUT2D eigenvalue weighted by Crippen LogP contribution is 2.18. The Bertz CT molecular complexity index is 805. The van der Waals surface area contributed by atoms with Gasteiger partial charge in [0.1, 0.15) is 6.04 Å². The van der Waals surface area contributed by atoms with Gasteiger partial charge in [0.15, 0.2) is 6.04 Å². The zero-order chi connectivity index (χ0) is 20.5. The van der Waals surface area contributed by atoms with E-state index in [0.717, 1.165) is 5.56 Å². The van der Waals surface area contributed by atoms with E-state index in [4.69, 9.17) is 10.5 Å². The van der Waals surface area contributed by atoms with Crippen molar-refractivity contribution in [1.29, 1.82) is 0 Å². The molecule has 148 valence electrons. The van der Waals surface area contributed by atoms with E-state index in [9.17, 15) is 14.4 Å². The largest absolute Gasteiger partial charge is 0.468 e. The first-order valence-corrected chi connectivity index (χ1v) is 8.91. The number of hydrogen-bond donors (Lipinski definition) is 2. The molecule has 0 heterocycles. The Morgan fingerprint density at radius 3 is 2.21 bits per heavy atom. The van der Waals surface area contributed by atoms with Crippen molar-refractivity contribution in [3.05, 3.63) is 71.3 Å². The van der Waals surface area contributed by atoms with E-state index < -0.39 is 24.0 Å². The number of hydrogen-bond acceptors (Lipinski definition) is 6. The molecule has 0 aromatic heterocycles. The van der Waals surface area contributed by atoms with Gasteiger partial charge in [-0.2, -0.15) is 0 Å². The molecule has 2 aromatic carbocycles. The molecular formula is C21H24N2O5.